The van der Waals surface area contributed by atoms with Gasteiger partial charge < -0.3 is 20.5 Å². The fourth-order valence-corrected chi connectivity index (χ4v) is 4.62. The number of hydrogen-bond acceptors (Lipinski definition) is 6. The Morgan fingerprint density at radius 3 is 2.78 bits per heavy atom. The highest BCUT2D eigenvalue weighted by molar-refractivity contribution is 5.94. The number of rotatable bonds is 13. The molecule has 2 aromatic rings. The molecule has 194 valence electrons. The van der Waals surface area contributed by atoms with Crippen molar-refractivity contribution in [2.24, 2.45) is 0 Å². The fourth-order valence-electron chi connectivity index (χ4n) is 4.62. The lowest BCUT2D eigenvalue weighted by molar-refractivity contribution is -0.142. The van der Waals surface area contributed by atoms with Gasteiger partial charge in [0.05, 0.1) is 5.41 Å². The van der Waals surface area contributed by atoms with Crippen LogP contribution in [0.4, 0.5) is 14.6 Å². The molecule has 10 heteroatoms. The average Bonchev–Trinajstić information content (AvgIpc) is 3.69. The van der Waals surface area contributed by atoms with E-state index in [0.717, 1.165) is 50.2 Å². The maximum atomic E-state index is 13.4. The molecule has 0 unspecified atom stereocenters. The Morgan fingerprint density at radius 2 is 2.03 bits per heavy atom. The number of amides is 1. The minimum Gasteiger partial charge on any atom is -0.480 e. The second kappa shape index (κ2) is 11.7. The van der Waals surface area contributed by atoms with Gasteiger partial charge in [0.15, 0.2) is 0 Å². The number of alkyl halides is 2. The van der Waals surface area contributed by atoms with Gasteiger partial charge in [0.25, 0.3) is 6.43 Å². The number of ether oxygens (including phenoxy) is 1. The second-order valence-corrected chi connectivity index (χ2v) is 9.38. The Morgan fingerprint density at radius 1 is 1.19 bits per heavy atom. The first-order valence-electron chi connectivity index (χ1n) is 12.5. The average molecular weight is 503 g/mol. The summed E-state index contributed by atoms with van der Waals surface area (Å²) in [7, 11) is 0. The van der Waals surface area contributed by atoms with E-state index in [-0.39, 0.29) is 18.6 Å². The number of halogens is 2. The van der Waals surface area contributed by atoms with Crippen molar-refractivity contribution in [3.05, 3.63) is 53.0 Å². The SMILES string of the molecule is O=C(O)[C@H](CCOCCCCc1ccc2c(n1)NCCC2)NC(=O)C1(c2cccnc2C(F)F)CC1. The number of nitrogens with zero attached hydrogens (tertiary/aromatic N) is 2. The van der Waals surface area contributed by atoms with E-state index in [2.05, 4.69) is 32.7 Å². The van der Waals surface area contributed by atoms with Gasteiger partial charge in [-0.25, -0.2) is 18.6 Å². The number of carbonyl (C=O) groups excluding carboxylic acids is 1. The zero-order valence-corrected chi connectivity index (χ0v) is 20.1. The van der Waals surface area contributed by atoms with E-state index in [1.54, 1.807) is 0 Å². The van der Waals surface area contributed by atoms with Crippen LogP contribution in [0, 0.1) is 0 Å². The summed E-state index contributed by atoms with van der Waals surface area (Å²) in [6.07, 6.45) is 4.01. The van der Waals surface area contributed by atoms with E-state index in [1.807, 2.05) is 0 Å². The number of carboxylic acids is 1. The normalized spacial score (nSPS) is 16.6. The molecule has 0 radical (unpaired) electrons. The van der Waals surface area contributed by atoms with Crippen molar-refractivity contribution in [2.75, 3.05) is 25.1 Å². The quantitative estimate of drug-likeness (QED) is 0.357. The molecular weight excluding hydrogens is 470 g/mol. The molecule has 2 aliphatic rings. The molecule has 0 spiro atoms. The zero-order chi connectivity index (χ0) is 25.5. The lowest BCUT2D eigenvalue weighted by atomic mass is 9.93. The van der Waals surface area contributed by atoms with Crippen molar-refractivity contribution in [1.82, 2.24) is 15.3 Å². The van der Waals surface area contributed by atoms with Crippen LogP contribution in [0.1, 0.15) is 67.5 Å². The molecule has 1 fully saturated rings. The number of carboxylic acid groups (broad SMARTS) is 1. The molecule has 0 saturated heterocycles. The van der Waals surface area contributed by atoms with E-state index in [4.69, 9.17) is 4.74 Å². The minimum absolute atomic E-state index is 0.0872. The van der Waals surface area contributed by atoms with E-state index >= 15 is 0 Å². The lowest BCUT2D eigenvalue weighted by Gasteiger charge is -2.21. The summed E-state index contributed by atoms with van der Waals surface area (Å²) in [6, 6.07) is 6.02. The zero-order valence-electron chi connectivity index (χ0n) is 20.1. The number of aryl methyl sites for hydroxylation is 2. The number of fused-ring (bicyclic) bond motifs is 1. The topological polar surface area (TPSA) is 113 Å². The highest BCUT2D eigenvalue weighted by atomic mass is 19.3. The number of unbranched alkanes of at least 4 members (excludes halogenated alkanes) is 1. The molecule has 1 aliphatic carbocycles. The van der Waals surface area contributed by atoms with Gasteiger partial charge in [-0.15, -0.1) is 0 Å². The van der Waals surface area contributed by atoms with E-state index in [0.29, 0.717) is 19.4 Å². The van der Waals surface area contributed by atoms with Gasteiger partial charge >= 0.3 is 5.97 Å². The molecule has 1 amide bonds. The van der Waals surface area contributed by atoms with Crippen LogP contribution in [0.5, 0.6) is 0 Å². The Kier molecular flexibility index (Phi) is 8.45. The number of nitrogens with one attached hydrogen (secondary N) is 2. The largest absolute Gasteiger partial charge is 0.480 e. The minimum atomic E-state index is -2.81. The first-order chi connectivity index (χ1) is 17.4. The molecule has 1 saturated carbocycles. The van der Waals surface area contributed by atoms with Gasteiger partial charge in [-0.1, -0.05) is 12.1 Å². The third kappa shape index (κ3) is 6.16. The van der Waals surface area contributed by atoms with Crippen molar-refractivity contribution in [1.29, 1.82) is 0 Å². The Bertz CT molecular complexity index is 1080. The first-order valence-corrected chi connectivity index (χ1v) is 12.5. The Hall–Kier alpha value is -3.14. The van der Waals surface area contributed by atoms with Crippen molar-refractivity contribution >= 4 is 17.7 Å². The molecule has 1 aliphatic heterocycles. The fraction of sp³-hybridized carbons (Fsp3) is 0.538. The van der Waals surface area contributed by atoms with Gasteiger partial charge in [0.1, 0.15) is 17.6 Å². The predicted octanol–water partition coefficient (Wildman–Crippen LogP) is 3.80. The van der Waals surface area contributed by atoms with Crippen LogP contribution in [-0.2, 0) is 32.6 Å². The van der Waals surface area contributed by atoms with Crippen molar-refractivity contribution in [3.63, 3.8) is 0 Å². The Labute approximate surface area is 208 Å². The smallest absolute Gasteiger partial charge is 0.326 e. The van der Waals surface area contributed by atoms with Crippen LogP contribution in [0.2, 0.25) is 0 Å². The summed E-state index contributed by atoms with van der Waals surface area (Å²) < 4.78 is 32.4. The van der Waals surface area contributed by atoms with E-state index in [1.165, 1.54) is 23.9 Å². The molecule has 0 aromatic carbocycles. The summed E-state index contributed by atoms with van der Waals surface area (Å²) in [4.78, 5) is 33.0. The number of aromatic nitrogens is 2. The standard InChI is InChI=1S/C26H32F2N4O4/c27-22(28)21-19(7-4-13-29-21)26(11-12-26)25(35)32-20(24(33)34)10-16-36-15-2-1-6-18-9-8-17-5-3-14-30-23(17)31-18/h4,7-9,13,20,22H,1-3,5-6,10-12,14-16H2,(H,30,31)(H,32,35)(H,33,34)/t20-/m0/s1. The summed E-state index contributed by atoms with van der Waals surface area (Å²) in [6.45, 7) is 1.59. The van der Waals surface area contributed by atoms with Gasteiger partial charge in [-0.3, -0.25) is 9.78 Å². The molecule has 0 bridgehead atoms. The third-order valence-corrected chi connectivity index (χ3v) is 6.82. The number of pyridine rings is 2. The summed E-state index contributed by atoms with van der Waals surface area (Å²) >= 11 is 0. The monoisotopic (exact) mass is 502 g/mol. The highest BCUT2D eigenvalue weighted by Crippen LogP contribution is 2.50. The molecule has 8 nitrogen and oxygen atoms in total. The van der Waals surface area contributed by atoms with Crippen molar-refractivity contribution in [2.45, 2.75) is 69.2 Å². The van der Waals surface area contributed by atoms with Gasteiger partial charge in [0, 0.05) is 38.1 Å². The molecule has 1 atom stereocenters. The molecule has 36 heavy (non-hydrogen) atoms. The molecular formula is C26H32F2N4O4. The molecule has 4 rings (SSSR count). The van der Waals surface area contributed by atoms with Crippen molar-refractivity contribution < 1.29 is 28.2 Å². The maximum absolute atomic E-state index is 13.4. The second-order valence-electron chi connectivity index (χ2n) is 9.38. The third-order valence-electron chi connectivity index (χ3n) is 6.82. The van der Waals surface area contributed by atoms with Crippen LogP contribution >= 0.6 is 0 Å². The summed E-state index contributed by atoms with van der Waals surface area (Å²) in [5.41, 5.74) is 0.893. The number of aliphatic carboxylic acids is 1. The van der Waals surface area contributed by atoms with Crippen LogP contribution < -0.4 is 10.6 Å². The lowest BCUT2D eigenvalue weighted by Crippen LogP contribution is -2.46. The first kappa shape index (κ1) is 25.9. The van der Waals surface area contributed by atoms with Gasteiger partial charge in [-0.05, 0) is 68.2 Å². The van der Waals surface area contributed by atoms with Gasteiger partial charge in [0.2, 0.25) is 5.91 Å². The predicted molar refractivity (Wildman–Crippen MR) is 129 cm³/mol. The molecule has 3 N–H and O–H groups in total. The Balaban J connectivity index is 1.19. The van der Waals surface area contributed by atoms with Crippen LogP contribution in [0.25, 0.3) is 0 Å². The van der Waals surface area contributed by atoms with E-state index < -0.39 is 35.5 Å². The van der Waals surface area contributed by atoms with Crippen LogP contribution in [0.3, 0.4) is 0 Å². The molecule has 3 heterocycles. The van der Waals surface area contributed by atoms with Crippen molar-refractivity contribution in [3.8, 4) is 0 Å². The van der Waals surface area contributed by atoms with E-state index in [9.17, 15) is 23.5 Å². The summed E-state index contributed by atoms with van der Waals surface area (Å²) in [5, 5.41) is 15.4. The maximum Gasteiger partial charge on any atom is 0.326 e. The number of hydrogen-bond donors (Lipinski definition) is 3. The molecule has 2 aromatic heterocycles. The van der Waals surface area contributed by atoms with Gasteiger partial charge in [-0.2, -0.15) is 0 Å². The summed E-state index contributed by atoms with van der Waals surface area (Å²) in [5.74, 6) is -0.759. The van der Waals surface area contributed by atoms with Crippen LogP contribution in [0.15, 0.2) is 30.5 Å². The number of carbonyl (C=O) groups is 2. The highest BCUT2D eigenvalue weighted by Gasteiger charge is 2.54. The number of anilines is 1. The van der Waals surface area contributed by atoms with Crippen LogP contribution in [-0.4, -0.2) is 52.8 Å².